The number of hydrogen-bond acceptors (Lipinski definition) is 8. The monoisotopic (exact) mass is 415 g/mol. The molecule has 0 saturated heterocycles. The molecule has 0 aliphatic carbocycles. The first-order valence-corrected chi connectivity index (χ1v) is 10.2. The van der Waals surface area contributed by atoms with E-state index in [0.717, 1.165) is 0 Å². The fraction of sp³-hybridized carbons (Fsp3) is 0.500. The molecule has 1 amide bonds. The van der Waals surface area contributed by atoms with Crippen LogP contribution in [-0.4, -0.2) is 52.3 Å². The fourth-order valence-electron chi connectivity index (χ4n) is 2.44. The molecule has 1 aromatic rings. The number of methoxy groups -OCH3 is 2. The van der Waals surface area contributed by atoms with Crippen molar-refractivity contribution in [1.82, 2.24) is 5.32 Å². The zero-order valence-electron chi connectivity index (χ0n) is 16.6. The number of nitrogens with one attached hydrogen (secondary N) is 1. The Morgan fingerprint density at radius 3 is 2.04 bits per heavy atom. The van der Waals surface area contributed by atoms with E-state index < -0.39 is 37.4 Å². The second-order valence-electron chi connectivity index (χ2n) is 6.06. The summed E-state index contributed by atoms with van der Waals surface area (Å²) in [5.41, 5.74) is 0.944. The van der Waals surface area contributed by atoms with Crippen LogP contribution in [0.15, 0.2) is 24.3 Å². The fourth-order valence-corrected chi connectivity index (χ4v) is 3.50. The molecular weight excluding hydrogens is 389 g/mol. The van der Waals surface area contributed by atoms with E-state index in [1.807, 2.05) is 0 Å². The van der Waals surface area contributed by atoms with Crippen LogP contribution in [-0.2, 0) is 38.8 Å². The van der Waals surface area contributed by atoms with Gasteiger partial charge in [-0.1, -0.05) is 19.1 Å². The lowest BCUT2D eigenvalue weighted by molar-refractivity contribution is -0.146. The van der Waals surface area contributed by atoms with Crippen molar-refractivity contribution >= 4 is 25.4 Å². The Morgan fingerprint density at radius 2 is 1.57 bits per heavy atom. The maximum atomic E-state index is 12.5. The number of rotatable bonds is 10. The van der Waals surface area contributed by atoms with Gasteiger partial charge in [0.1, 0.15) is 6.04 Å². The first-order valence-electron chi connectivity index (χ1n) is 8.44. The highest BCUT2D eigenvalue weighted by Gasteiger charge is 2.30. The van der Waals surface area contributed by atoms with Crippen molar-refractivity contribution in [3.8, 4) is 0 Å². The highest BCUT2D eigenvalue weighted by molar-refractivity contribution is 7.52. The predicted molar refractivity (Wildman–Crippen MR) is 101 cm³/mol. The second kappa shape index (κ2) is 10.9. The molecule has 9 nitrogen and oxygen atoms in total. The zero-order chi connectivity index (χ0) is 21.3. The van der Waals surface area contributed by atoms with Crippen LogP contribution in [0.3, 0.4) is 0 Å². The number of amides is 1. The third-order valence-corrected chi connectivity index (χ3v) is 6.04. The third kappa shape index (κ3) is 6.74. The van der Waals surface area contributed by atoms with Gasteiger partial charge in [-0.2, -0.15) is 0 Å². The Kier molecular flexibility index (Phi) is 9.31. The van der Waals surface area contributed by atoms with Gasteiger partial charge < -0.3 is 23.8 Å². The van der Waals surface area contributed by atoms with E-state index in [0.29, 0.717) is 5.56 Å². The predicted octanol–water partition coefficient (Wildman–Crippen LogP) is 2.14. The van der Waals surface area contributed by atoms with Gasteiger partial charge in [0.2, 0.25) is 0 Å². The maximum absolute atomic E-state index is 12.5. The highest BCUT2D eigenvalue weighted by Crippen LogP contribution is 2.49. The van der Waals surface area contributed by atoms with Crippen molar-refractivity contribution in [2.24, 2.45) is 5.92 Å². The van der Waals surface area contributed by atoms with E-state index in [2.05, 4.69) is 10.1 Å². The molecule has 1 rings (SSSR count). The topological polar surface area (TPSA) is 117 Å². The van der Waals surface area contributed by atoms with Gasteiger partial charge in [0.15, 0.2) is 0 Å². The smallest absolute Gasteiger partial charge is 0.334 e. The van der Waals surface area contributed by atoms with E-state index in [-0.39, 0.29) is 18.1 Å². The molecule has 0 saturated carbocycles. The van der Waals surface area contributed by atoms with Crippen molar-refractivity contribution in [3.63, 3.8) is 0 Å². The molecule has 0 heterocycles. The van der Waals surface area contributed by atoms with Crippen LogP contribution in [0.2, 0.25) is 0 Å². The van der Waals surface area contributed by atoms with Gasteiger partial charge in [-0.15, -0.1) is 0 Å². The molecule has 0 aliphatic heterocycles. The summed E-state index contributed by atoms with van der Waals surface area (Å²) in [6.07, 6.45) is 0.00164. The number of hydrogen-bond donors (Lipinski definition) is 1. The summed E-state index contributed by atoms with van der Waals surface area (Å²) in [5, 5.41) is 2.58. The number of ether oxygens (including phenoxy) is 2. The Labute approximate surface area is 164 Å². The van der Waals surface area contributed by atoms with Crippen molar-refractivity contribution in [3.05, 3.63) is 35.4 Å². The second-order valence-corrected chi connectivity index (χ2v) is 8.33. The summed E-state index contributed by atoms with van der Waals surface area (Å²) < 4.78 is 31.3. The molecule has 0 bridgehead atoms. The molecule has 0 aliphatic rings. The van der Waals surface area contributed by atoms with Crippen molar-refractivity contribution in [2.45, 2.75) is 25.5 Å². The molecule has 0 spiro atoms. The SMILES string of the molecule is COC(=O)C[C@H](C)[C@@H](NC(=O)c1ccc(CP(=O)(OC)OC)cc1)C(=O)OC. The van der Waals surface area contributed by atoms with Gasteiger partial charge in [0.05, 0.1) is 26.8 Å². The maximum Gasteiger partial charge on any atom is 0.334 e. The van der Waals surface area contributed by atoms with Gasteiger partial charge in [-0.05, 0) is 23.6 Å². The van der Waals surface area contributed by atoms with Crippen LogP contribution < -0.4 is 5.32 Å². The van der Waals surface area contributed by atoms with Crippen molar-refractivity contribution in [1.29, 1.82) is 0 Å². The third-order valence-electron chi connectivity index (χ3n) is 4.18. The minimum atomic E-state index is -3.22. The first kappa shape index (κ1) is 23.8. The minimum absolute atomic E-state index is 0.0567. The van der Waals surface area contributed by atoms with Crippen LogP contribution in [0.5, 0.6) is 0 Å². The van der Waals surface area contributed by atoms with E-state index in [1.165, 1.54) is 40.6 Å². The Hall–Kier alpha value is -2.22. The number of benzene rings is 1. The van der Waals surface area contributed by atoms with Crippen molar-refractivity contribution in [2.75, 3.05) is 28.4 Å². The highest BCUT2D eigenvalue weighted by atomic mass is 31.2. The van der Waals surface area contributed by atoms with Crippen LogP contribution in [0.4, 0.5) is 0 Å². The quantitative estimate of drug-likeness (QED) is 0.456. The summed E-state index contributed by atoms with van der Waals surface area (Å²) >= 11 is 0. The van der Waals surface area contributed by atoms with Gasteiger partial charge >= 0.3 is 19.5 Å². The summed E-state index contributed by atoms with van der Waals surface area (Å²) in [6.45, 7) is 1.63. The normalized spacial score (nSPS) is 13.3. The van der Waals surface area contributed by atoms with E-state index >= 15 is 0 Å². The van der Waals surface area contributed by atoms with Crippen LogP contribution in [0.25, 0.3) is 0 Å². The summed E-state index contributed by atoms with van der Waals surface area (Å²) in [7, 11) is 1.83. The molecule has 0 aromatic heterocycles. The van der Waals surface area contributed by atoms with Crippen LogP contribution in [0.1, 0.15) is 29.3 Å². The Bertz CT molecular complexity index is 726. The molecule has 0 unspecified atom stereocenters. The largest absolute Gasteiger partial charge is 0.469 e. The first-order chi connectivity index (χ1) is 13.2. The standard InChI is InChI=1S/C18H26NO8P/c1-12(10-15(20)24-2)16(18(22)25-3)19-17(21)14-8-6-13(7-9-14)11-28(23,26-4)27-5/h6-9,12,16H,10-11H2,1-5H3,(H,19,21)/t12-,16+/m0/s1. The average molecular weight is 415 g/mol. The number of carbonyl (C=O) groups excluding carboxylic acids is 3. The van der Waals surface area contributed by atoms with E-state index in [1.54, 1.807) is 19.1 Å². The average Bonchev–Trinajstić information content (AvgIpc) is 2.71. The number of esters is 2. The molecule has 0 radical (unpaired) electrons. The molecule has 28 heavy (non-hydrogen) atoms. The zero-order valence-corrected chi connectivity index (χ0v) is 17.5. The molecule has 0 fully saturated rings. The number of carbonyl (C=O) groups is 3. The van der Waals surface area contributed by atoms with Gasteiger partial charge in [-0.3, -0.25) is 14.2 Å². The molecule has 156 valence electrons. The summed E-state index contributed by atoms with van der Waals surface area (Å²) in [6, 6.07) is 5.27. The minimum Gasteiger partial charge on any atom is -0.469 e. The Morgan fingerprint density at radius 1 is 1.00 bits per heavy atom. The summed E-state index contributed by atoms with van der Waals surface area (Å²) in [5.74, 6) is -2.21. The Balaban J connectivity index is 2.89. The molecule has 2 atom stereocenters. The summed E-state index contributed by atoms with van der Waals surface area (Å²) in [4.78, 5) is 36.0. The van der Waals surface area contributed by atoms with Gasteiger partial charge in [0, 0.05) is 19.8 Å². The lowest BCUT2D eigenvalue weighted by atomic mass is 9.97. The molecule has 1 N–H and O–H groups in total. The lowest BCUT2D eigenvalue weighted by Crippen LogP contribution is -2.46. The molecule has 10 heteroatoms. The van der Waals surface area contributed by atoms with E-state index in [4.69, 9.17) is 13.8 Å². The van der Waals surface area contributed by atoms with Crippen molar-refractivity contribution < 1.29 is 37.5 Å². The van der Waals surface area contributed by atoms with Gasteiger partial charge in [0.25, 0.3) is 5.91 Å². The van der Waals surface area contributed by atoms with Gasteiger partial charge in [-0.25, -0.2) is 4.79 Å². The lowest BCUT2D eigenvalue weighted by Gasteiger charge is -2.22. The molecule has 1 aromatic carbocycles. The van der Waals surface area contributed by atoms with E-state index in [9.17, 15) is 18.9 Å². The van der Waals surface area contributed by atoms with Crippen LogP contribution in [0, 0.1) is 5.92 Å². The van der Waals surface area contributed by atoms with Crippen LogP contribution >= 0.6 is 7.60 Å². The molecular formula is C18H26NO8P.